The summed E-state index contributed by atoms with van der Waals surface area (Å²) in [5.74, 6) is -0.278. The van der Waals surface area contributed by atoms with Crippen LogP contribution in [0, 0.1) is 0 Å². The van der Waals surface area contributed by atoms with E-state index in [1.54, 1.807) is 18.2 Å². The number of rotatable bonds is 4. The van der Waals surface area contributed by atoms with Crippen LogP contribution in [-0.4, -0.2) is 44.4 Å². The second-order valence-corrected chi connectivity index (χ2v) is 7.44. The van der Waals surface area contributed by atoms with Crippen LogP contribution < -0.4 is 5.32 Å². The SMILES string of the molecule is CC1CN(S(=O)(=O)c2cccc(NC(=O)c3ccco3)c2)CCO1. The molecule has 1 saturated heterocycles. The van der Waals surface area contributed by atoms with Gasteiger partial charge in [0.25, 0.3) is 5.91 Å². The number of benzene rings is 1. The number of nitrogens with zero attached hydrogens (tertiary/aromatic N) is 1. The highest BCUT2D eigenvalue weighted by molar-refractivity contribution is 7.89. The third-order valence-corrected chi connectivity index (χ3v) is 5.54. The fraction of sp³-hybridized carbons (Fsp3) is 0.312. The highest BCUT2D eigenvalue weighted by atomic mass is 32.2. The van der Waals surface area contributed by atoms with Crippen LogP contribution in [0.4, 0.5) is 5.69 Å². The Morgan fingerprint density at radius 1 is 1.29 bits per heavy atom. The molecular formula is C16H18N2O5S. The van der Waals surface area contributed by atoms with Crippen molar-refractivity contribution in [2.45, 2.75) is 17.9 Å². The number of carbonyl (C=O) groups excluding carboxylic acids is 1. The molecule has 1 amide bonds. The highest BCUT2D eigenvalue weighted by Crippen LogP contribution is 2.22. The third-order valence-electron chi connectivity index (χ3n) is 3.68. The van der Waals surface area contributed by atoms with Crippen LogP contribution in [-0.2, 0) is 14.8 Å². The van der Waals surface area contributed by atoms with Gasteiger partial charge in [0.1, 0.15) is 0 Å². The van der Waals surface area contributed by atoms with Crippen LogP contribution in [0.15, 0.2) is 52.0 Å². The molecule has 7 nitrogen and oxygen atoms in total. The Hall–Kier alpha value is -2.16. The van der Waals surface area contributed by atoms with Crippen LogP contribution in [0.2, 0.25) is 0 Å². The Kier molecular flexibility index (Phi) is 4.70. The maximum absolute atomic E-state index is 12.7. The average Bonchev–Trinajstić information content (AvgIpc) is 3.10. The molecule has 1 N–H and O–H groups in total. The van der Waals surface area contributed by atoms with E-state index in [1.807, 2.05) is 6.92 Å². The predicted molar refractivity (Wildman–Crippen MR) is 87.3 cm³/mol. The van der Waals surface area contributed by atoms with Gasteiger partial charge >= 0.3 is 0 Å². The Labute approximate surface area is 140 Å². The number of anilines is 1. The van der Waals surface area contributed by atoms with Crippen LogP contribution in [0.1, 0.15) is 17.5 Å². The van der Waals surface area contributed by atoms with Crippen LogP contribution >= 0.6 is 0 Å². The van der Waals surface area contributed by atoms with Crippen molar-refractivity contribution >= 4 is 21.6 Å². The smallest absolute Gasteiger partial charge is 0.291 e. The molecule has 1 unspecified atom stereocenters. The lowest BCUT2D eigenvalue weighted by atomic mass is 10.3. The molecule has 1 aliphatic rings. The minimum Gasteiger partial charge on any atom is -0.459 e. The molecule has 0 spiro atoms. The molecule has 1 fully saturated rings. The van der Waals surface area contributed by atoms with Gasteiger partial charge in [-0.25, -0.2) is 8.42 Å². The molecule has 1 aromatic heterocycles. The van der Waals surface area contributed by atoms with Gasteiger partial charge in [0, 0.05) is 18.8 Å². The van der Waals surface area contributed by atoms with Gasteiger partial charge < -0.3 is 14.5 Å². The normalized spacial score (nSPS) is 19.1. The van der Waals surface area contributed by atoms with E-state index >= 15 is 0 Å². The van der Waals surface area contributed by atoms with Gasteiger partial charge in [-0.2, -0.15) is 4.31 Å². The van der Waals surface area contributed by atoms with Crippen molar-refractivity contribution < 1.29 is 22.4 Å². The van der Waals surface area contributed by atoms with Crippen molar-refractivity contribution in [3.05, 3.63) is 48.4 Å². The van der Waals surface area contributed by atoms with Gasteiger partial charge in [-0.1, -0.05) is 6.07 Å². The zero-order valence-electron chi connectivity index (χ0n) is 13.1. The second-order valence-electron chi connectivity index (χ2n) is 5.50. The highest BCUT2D eigenvalue weighted by Gasteiger charge is 2.29. The number of sulfonamides is 1. The molecular weight excluding hydrogens is 332 g/mol. The number of carbonyl (C=O) groups is 1. The van der Waals surface area contributed by atoms with Crippen molar-refractivity contribution in [2.75, 3.05) is 25.0 Å². The molecule has 1 aromatic carbocycles. The number of furan rings is 1. The van der Waals surface area contributed by atoms with Crippen molar-refractivity contribution in [3.8, 4) is 0 Å². The topological polar surface area (TPSA) is 88.9 Å². The Morgan fingerprint density at radius 3 is 2.83 bits per heavy atom. The lowest BCUT2D eigenvalue weighted by Crippen LogP contribution is -2.44. The fourth-order valence-corrected chi connectivity index (χ4v) is 4.03. The summed E-state index contributed by atoms with van der Waals surface area (Å²) < 4.78 is 37.3. The number of nitrogens with one attached hydrogen (secondary N) is 1. The molecule has 1 atom stereocenters. The van der Waals surface area contributed by atoms with E-state index in [-0.39, 0.29) is 16.8 Å². The average molecular weight is 350 g/mol. The monoisotopic (exact) mass is 350 g/mol. The minimum atomic E-state index is -3.63. The maximum Gasteiger partial charge on any atom is 0.291 e. The minimum absolute atomic E-state index is 0.133. The first kappa shape index (κ1) is 16.7. The fourth-order valence-electron chi connectivity index (χ4n) is 2.49. The quantitative estimate of drug-likeness (QED) is 0.910. The van der Waals surface area contributed by atoms with Crippen molar-refractivity contribution in [3.63, 3.8) is 0 Å². The number of hydrogen-bond acceptors (Lipinski definition) is 5. The number of hydrogen-bond donors (Lipinski definition) is 1. The van der Waals surface area contributed by atoms with Gasteiger partial charge in [-0.05, 0) is 37.3 Å². The maximum atomic E-state index is 12.7. The lowest BCUT2D eigenvalue weighted by molar-refractivity contribution is 0.0102. The molecule has 24 heavy (non-hydrogen) atoms. The largest absolute Gasteiger partial charge is 0.459 e. The van der Waals surface area contributed by atoms with Gasteiger partial charge in [0.2, 0.25) is 10.0 Å². The summed E-state index contributed by atoms with van der Waals surface area (Å²) in [6.07, 6.45) is 1.26. The van der Waals surface area contributed by atoms with Crippen LogP contribution in [0.3, 0.4) is 0 Å². The first-order valence-electron chi connectivity index (χ1n) is 7.53. The first-order chi connectivity index (χ1) is 11.5. The molecule has 128 valence electrons. The van der Waals surface area contributed by atoms with Crippen molar-refractivity contribution in [1.82, 2.24) is 4.31 Å². The molecule has 0 aliphatic carbocycles. The third kappa shape index (κ3) is 3.50. The van der Waals surface area contributed by atoms with Gasteiger partial charge in [-0.3, -0.25) is 4.79 Å². The molecule has 8 heteroatoms. The lowest BCUT2D eigenvalue weighted by Gasteiger charge is -2.30. The zero-order chi connectivity index (χ0) is 17.2. The van der Waals surface area contributed by atoms with Crippen LogP contribution in [0.25, 0.3) is 0 Å². The Bertz CT molecular complexity index is 817. The molecule has 0 bridgehead atoms. The van der Waals surface area contributed by atoms with Gasteiger partial charge in [-0.15, -0.1) is 0 Å². The number of ether oxygens (including phenoxy) is 1. The van der Waals surface area contributed by atoms with E-state index in [0.717, 1.165) is 0 Å². The molecule has 2 aromatic rings. The summed E-state index contributed by atoms with van der Waals surface area (Å²) in [6, 6.07) is 9.31. The van der Waals surface area contributed by atoms with E-state index in [1.165, 1.54) is 28.8 Å². The first-order valence-corrected chi connectivity index (χ1v) is 8.97. The van der Waals surface area contributed by atoms with E-state index in [0.29, 0.717) is 25.4 Å². The van der Waals surface area contributed by atoms with Gasteiger partial charge in [0.05, 0.1) is 23.9 Å². The second kappa shape index (κ2) is 6.76. The summed E-state index contributed by atoms with van der Waals surface area (Å²) >= 11 is 0. The standard InChI is InChI=1S/C16H18N2O5S/c1-12-11-18(7-9-22-12)24(20,21)14-5-2-4-13(10-14)17-16(19)15-6-3-8-23-15/h2-6,8,10,12H,7,9,11H2,1H3,(H,17,19). The zero-order valence-corrected chi connectivity index (χ0v) is 14.0. The number of morpholine rings is 1. The predicted octanol–water partition coefficient (Wildman–Crippen LogP) is 1.94. The number of amides is 1. The Balaban J connectivity index is 1.80. The molecule has 2 heterocycles. The van der Waals surface area contributed by atoms with E-state index < -0.39 is 15.9 Å². The summed E-state index contributed by atoms with van der Waals surface area (Å²) in [5.41, 5.74) is 0.388. The van der Waals surface area contributed by atoms with Crippen LogP contribution in [0.5, 0.6) is 0 Å². The summed E-state index contributed by atoms with van der Waals surface area (Å²) in [6.45, 7) is 2.83. The molecule has 0 saturated carbocycles. The summed E-state index contributed by atoms with van der Waals surface area (Å²) in [4.78, 5) is 12.1. The van der Waals surface area contributed by atoms with E-state index in [4.69, 9.17) is 9.15 Å². The molecule has 3 rings (SSSR count). The Morgan fingerprint density at radius 2 is 2.12 bits per heavy atom. The molecule has 0 radical (unpaired) electrons. The van der Waals surface area contributed by atoms with E-state index in [2.05, 4.69) is 5.32 Å². The van der Waals surface area contributed by atoms with Crippen molar-refractivity contribution in [2.24, 2.45) is 0 Å². The van der Waals surface area contributed by atoms with Crippen molar-refractivity contribution in [1.29, 1.82) is 0 Å². The molecule has 1 aliphatic heterocycles. The summed E-state index contributed by atoms with van der Waals surface area (Å²) in [5, 5.41) is 2.63. The van der Waals surface area contributed by atoms with E-state index in [9.17, 15) is 13.2 Å². The summed E-state index contributed by atoms with van der Waals surface area (Å²) in [7, 11) is -3.63. The van der Waals surface area contributed by atoms with Gasteiger partial charge in [0.15, 0.2) is 5.76 Å².